The Hall–Kier alpha value is -0.570. The average Bonchev–Trinajstić information content (AvgIpc) is 2.27. The number of benzene rings is 1. The molecule has 4 N–H and O–H groups in total. The molecule has 0 spiro atoms. The predicted molar refractivity (Wildman–Crippen MR) is 68.5 cm³/mol. The van der Waals surface area contributed by atoms with Crippen LogP contribution in [0.1, 0.15) is 31.2 Å². The molecule has 88 valence electrons. The standard InChI is InChI=1S/C13H19ClN2/c14-11-3-1-10(2-4-11)9-13(16)7-5-12(15)6-8-13/h1-4,12H,5-9,15-16H2. The van der Waals surface area contributed by atoms with Crippen molar-refractivity contribution in [3.8, 4) is 0 Å². The molecule has 0 heterocycles. The minimum absolute atomic E-state index is 0.0658. The zero-order chi connectivity index (χ0) is 11.6. The van der Waals surface area contributed by atoms with Crippen LogP contribution in [0.2, 0.25) is 5.02 Å². The maximum atomic E-state index is 6.40. The summed E-state index contributed by atoms with van der Waals surface area (Å²) in [5, 5.41) is 0.778. The van der Waals surface area contributed by atoms with E-state index in [-0.39, 0.29) is 5.54 Å². The van der Waals surface area contributed by atoms with Crippen molar-refractivity contribution in [1.82, 2.24) is 0 Å². The van der Waals surface area contributed by atoms with Gasteiger partial charge in [0, 0.05) is 16.6 Å². The second kappa shape index (κ2) is 4.74. The quantitative estimate of drug-likeness (QED) is 0.832. The van der Waals surface area contributed by atoms with E-state index in [0.717, 1.165) is 37.1 Å². The van der Waals surface area contributed by atoms with Crippen LogP contribution in [0.5, 0.6) is 0 Å². The Morgan fingerprint density at radius 1 is 1.19 bits per heavy atom. The zero-order valence-electron chi connectivity index (χ0n) is 9.45. The first-order chi connectivity index (χ1) is 7.57. The normalized spacial score (nSPS) is 30.3. The lowest BCUT2D eigenvalue weighted by Gasteiger charge is -2.36. The molecular weight excluding hydrogens is 220 g/mol. The fourth-order valence-electron chi connectivity index (χ4n) is 2.40. The molecule has 0 aromatic heterocycles. The van der Waals surface area contributed by atoms with Crippen molar-refractivity contribution >= 4 is 11.6 Å². The highest BCUT2D eigenvalue weighted by Gasteiger charge is 2.30. The summed E-state index contributed by atoms with van der Waals surface area (Å²) in [5.41, 5.74) is 13.5. The molecule has 0 bridgehead atoms. The van der Waals surface area contributed by atoms with Gasteiger partial charge in [-0.2, -0.15) is 0 Å². The first-order valence-corrected chi connectivity index (χ1v) is 6.24. The molecular formula is C13H19ClN2. The van der Waals surface area contributed by atoms with Crippen LogP contribution in [-0.2, 0) is 6.42 Å². The maximum absolute atomic E-state index is 6.40. The summed E-state index contributed by atoms with van der Waals surface area (Å²) in [6.07, 6.45) is 5.07. The molecule has 1 aliphatic rings. The van der Waals surface area contributed by atoms with Crippen LogP contribution < -0.4 is 11.5 Å². The molecule has 16 heavy (non-hydrogen) atoms. The van der Waals surface area contributed by atoms with Crippen LogP contribution in [0.3, 0.4) is 0 Å². The summed E-state index contributed by atoms with van der Waals surface area (Å²) in [6.45, 7) is 0. The van der Waals surface area contributed by atoms with Crippen molar-refractivity contribution in [3.05, 3.63) is 34.9 Å². The SMILES string of the molecule is NC1CCC(N)(Cc2ccc(Cl)cc2)CC1. The lowest BCUT2D eigenvalue weighted by Crippen LogP contribution is -2.47. The van der Waals surface area contributed by atoms with E-state index in [9.17, 15) is 0 Å². The maximum Gasteiger partial charge on any atom is 0.0406 e. The van der Waals surface area contributed by atoms with Crippen LogP contribution in [0.4, 0.5) is 0 Å². The van der Waals surface area contributed by atoms with E-state index in [2.05, 4.69) is 12.1 Å². The number of nitrogens with two attached hydrogens (primary N) is 2. The van der Waals surface area contributed by atoms with Crippen molar-refractivity contribution in [2.45, 2.75) is 43.7 Å². The van der Waals surface area contributed by atoms with Crippen molar-refractivity contribution < 1.29 is 0 Å². The Balaban J connectivity index is 2.00. The van der Waals surface area contributed by atoms with Gasteiger partial charge in [-0.05, 0) is 49.8 Å². The van der Waals surface area contributed by atoms with Gasteiger partial charge in [-0.1, -0.05) is 23.7 Å². The smallest absolute Gasteiger partial charge is 0.0406 e. The highest BCUT2D eigenvalue weighted by atomic mass is 35.5. The fraction of sp³-hybridized carbons (Fsp3) is 0.538. The summed E-state index contributed by atoms with van der Waals surface area (Å²) in [5.74, 6) is 0. The molecule has 1 aromatic rings. The van der Waals surface area contributed by atoms with Gasteiger partial charge >= 0.3 is 0 Å². The monoisotopic (exact) mass is 238 g/mol. The topological polar surface area (TPSA) is 52.0 Å². The molecule has 2 nitrogen and oxygen atoms in total. The third-order valence-electron chi connectivity index (χ3n) is 3.50. The van der Waals surface area contributed by atoms with Gasteiger partial charge in [-0.3, -0.25) is 0 Å². The average molecular weight is 239 g/mol. The largest absolute Gasteiger partial charge is 0.328 e. The summed E-state index contributed by atoms with van der Waals surface area (Å²) in [7, 11) is 0. The predicted octanol–water partition coefficient (Wildman–Crippen LogP) is 2.48. The molecule has 0 amide bonds. The lowest BCUT2D eigenvalue weighted by atomic mass is 9.77. The van der Waals surface area contributed by atoms with Gasteiger partial charge in [-0.25, -0.2) is 0 Å². The minimum atomic E-state index is -0.0658. The number of halogens is 1. The van der Waals surface area contributed by atoms with Gasteiger partial charge in [0.1, 0.15) is 0 Å². The van der Waals surface area contributed by atoms with Crippen molar-refractivity contribution in [2.75, 3.05) is 0 Å². The molecule has 0 aliphatic heterocycles. The van der Waals surface area contributed by atoms with E-state index in [1.54, 1.807) is 0 Å². The Morgan fingerprint density at radius 2 is 1.75 bits per heavy atom. The second-order valence-corrected chi connectivity index (χ2v) is 5.44. The van der Waals surface area contributed by atoms with Crippen LogP contribution >= 0.6 is 11.6 Å². The van der Waals surface area contributed by atoms with Crippen LogP contribution in [0, 0.1) is 0 Å². The van der Waals surface area contributed by atoms with Crippen molar-refractivity contribution in [2.24, 2.45) is 11.5 Å². The second-order valence-electron chi connectivity index (χ2n) is 5.00. The van der Waals surface area contributed by atoms with Gasteiger partial charge in [-0.15, -0.1) is 0 Å². The van der Waals surface area contributed by atoms with Gasteiger partial charge in [0.15, 0.2) is 0 Å². The third kappa shape index (κ3) is 2.97. The number of hydrogen-bond acceptors (Lipinski definition) is 2. The minimum Gasteiger partial charge on any atom is -0.328 e. The Kier molecular flexibility index (Phi) is 3.53. The van der Waals surface area contributed by atoms with E-state index in [1.165, 1.54) is 5.56 Å². The molecule has 1 aliphatic carbocycles. The van der Waals surface area contributed by atoms with E-state index in [0.29, 0.717) is 6.04 Å². The lowest BCUT2D eigenvalue weighted by molar-refractivity contribution is 0.271. The highest BCUT2D eigenvalue weighted by molar-refractivity contribution is 6.30. The Morgan fingerprint density at radius 3 is 2.31 bits per heavy atom. The number of rotatable bonds is 2. The summed E-state index contributed by atoms with van der Waals surface area (Å²) >= 11 is 5.86. The van der Waals surface area contributed by atoms with Crippen LogP contribution in [-0.4, -0.2) is 11.6 Å². The molecule has 3 heteroatoms. The van der Waals surface area contributed by atoms with E-state index in [4.69, 9.17) is 23.1 Å². The van der Waals surface area contributed by atoms with Gasteiger partial charge in [0.25, 0.3) is 0 Å². The van der Waals surface area contributed by atoms with Crippen LogP contribution in [0.25, 0.3) is 0 Å². The van der Waals surface area contributed by atoms with E-state index >= 15 is 0 Å². The molecule has 0 saturated heterocycles. The molecule has 1 fully saturated rings. The van der Waals surface area contributed by atoms with Crippen molar-refractivity contribution in [1.29, 1.82) is 0 Å². The Bertz CT molecular complexity index is 339. The summed E-state index contributed by atoms with van der Waals surface area (Å²) in [4.78, 5) is 0. The highest BCUT2D eigenvalue weighted by Crippen LogP contribution is 2.28. The number of hydrogen-bond donors (Lipinski definition) is 2. The fourth-order valence-corrected chi connectivity index (χ4v) is 2.53. The first kappa shape index (κ1) is 11.9. The van der Waals surface area contributed by atoms with Crippen molar-refractivity contribution in [3.63, 3.8) is 0 Å². The van der Waals surface area contributed by atoms with Crippen LogP contribution in [0.15, 0.2) is 24.3 Å². The van der Waals surface area contributed by atoms with Gasteiger partial charge < -0.3 is 11.5 Å². The third-order valence-corrected chi connectivity index (χ3v) is 3.75. The van der Waals surface area contributed by atoms with E-state index < -0.39 is 0 Å². The first-order valence-electron chi connectivity index (χ1n) is 5.86. The molecule has 2 rings (SSSR count). The molecule has 1 saturated carbocycles. The molecule has 0 unspecified atom stereocenters. The molecule has 1 aromatic carbocycles. The molecule has 0 radical (unpaired) electrons. The molecule has 0 atom stereocenters. The zero-order valence-corrected chi connectivity index (χ0v) is 10.2. The van der Waals surface area contributed by atoms with Gasteiger partial charge in [0.05, 0.1) is 0 Å². The summed E-state index contributed by atoms with van der Waals surface area (Å²) in [6, 6.07) is 8.32. The Labute approximate surface area is 102 Å². The summed E-state index contributed by atoms with van der Waals surface area (Å²) < 4.78 is 0. The van der Waals surface area contributed by atoms with Gasteiger partial charge in [0.2, 0.25) is 0 Å². The van der Waals surface area contributed by atoms with E-state index in [1.807, 2.05) is 12.1 Å².